The number of hydrogen-bond donors (Lipinski definition) is 1. The van der Waals surface area contributed by atoms with Crippen molar-refractivity contribution in [2.75, 3.05) is 11.9 Å². The van der Waals surface area contributed by atoms with E-state index in [0.29, 0.717) is 28.8 Å². The molecule has 0 atom stereocenters. The summed E-state index contributed by atoms with van der Waals surface area (Å²) in [5.74, 6) is 0.0330. The Hall–Kier alpha value is -2.53. The molecule has 0 aliphatic heterocycles. The summed E-state index contributed by atoms with van der Waals surface area (Å²) in [7, 11) is 0. The Bertz CT molecular complexity index is 810. The Labute approximate surface area is 138 Å². The second-order valence-electron chi connectivity index (χ2n) is 4.95. The monoisotopic (exact) mass is 328 g/mol. The summed E-state index contributed by atoms with van der Waals surface area (Å²) in [4.78, 5) is 4.30. The molecule has 0 radical (unpaired) electrons. The average molecular weight is 329 g/mol. The Balaban J connectivity index is 1.67. The third kappa shape index (κ3) is 4.02. The highest BCUT2D eigenvalue weighted by Crippen LogP contribution is 2.20. The molecule has 1 heterocycles. The van der Waals surface area contributed by atoms with Crippen molar-refractivity contribution >= 4 is 17.5 Å². The van der Waals surface area contributed by atoms with Gasteiger partial charge in [-0.2, -0.15) is 5.10 Å². The van der Waals surface area contributed by atoms with Crippen molar-refractivity contribution < 1.29 is 4.39 Å². The maximum absolute atomic E-state index is 13.8. The van der Waals surface area contributed by atoms with Crippen LogP contribution in [-0.4, -0.2) is 21.7 Å². The van der Waals surface area contributed by atoms with E-state index >= 15 is 0 Å². The Morgan fingerprint density at radius 1 is 1.09 bits per heavy atom. The smallest absolute Gasteiger partial charge is 0.243 e. The molecule has 6 heteroatoms. The van der Waals surface area contributed by atoms with Crippen molar-refractivity contribution in [3.8, 4) is 11.3 Å². The van der Waals surface area contributed by atoms with Gasteiger partial charge in [-0.1, -0.05) is 35.9 Å². The van der Waals surface area contributed by atoms with Crippen LogP contribution in [0.5, 0.6) is 0 Å². The van der Waals surface area contributed by atoms with E-state index in [9.17, 15) is 4.39 Å². The summed E-state index contributed by atoms with van der Waals surface area (Å²) in [6.07, 6.45) is 2.22. The molecule has 0 unspecified atom stereocenters. The highest BCUT2D eigenvalue weighted by atomic mass is 35.5. The third-order valence-corrected chi connectivity index (χ3v) is 3.53. The molecule has 0 aliphatic carbocycles. The lowest BCUT2D eigenvalue weighted by atomic mass is 10.1. The number of aromatic nitrogens is 3. The van der Waals surface area contributed by atoms with Crippen molar-refractivity contribution in [3.05, 3.63) is 71.1 Å². The van der Waals surface area contributed by atoms with Gasteiger partial charge in [-0.15, -0.1) is 5.10 Å². The normalized spacial score (nSPS) is 10.5. The van der Waals surface area contributed by atoms with Gasteiger partial charge in [0.05, 0.1) is 11.9 Å². The van der Waals surface area contributed by atoms with Crippen LogP contribution in [0.4, 0.5) is 10.3 Å². The van der Waals surface area contributed by atoms with Crippen LogP contribution in [0.25, 0.3) is 11.3 Å². The van der Waals surface area contributed by atoms with Gasteiger partial charge in [0, 0.05) is 17.1 Å². The van der Waals surface area contributed by atoms with Gasteiger partial charge in [0.25, 0.3) is 0 Å². The van der Waals surface area contributed by atoms with E-state index in [1.54, 1.807) is 18.2 Å². The van der Waals surface area contributed by atoms with Crippen LogP contribution in [0.15, 0.2) is 54.7 Å². The summed E-state index contributed by atoms with van der Waals surface area (Å²) >= 11 is 5.95. The Kier molecular flexibility index (Phi) is 4.78. The molecular formula is C17H14ClFN4. The molecule has 1 aromatic heterocycles. The van der Waals surface area contributed by atoms with Crippen LogP contribution in [0.1, 0.15) is 5.56 Å². The lowest BCUT2D eigenvalue weighted by Crippen LogP contribution is -2.09. The molecule has 1 N–H and O–H groups in total. The lowest BCUT2D eigenvalue weighted by molar-refractivity contribution is 0.630. The Morgan fingerprint density at radius 2 is 1.96 bits per heavy atom. The first-order valence-corrected chi connectivity index (χ1v) is 7.53. The van der Waals surface area contributed by atoms with E-state index in [1.165, 1.54) is 12.3 Å². The standard InChI is InChI=1S/C17H14ClFN4/c18-13-5-3-4-12(10-13)8-9-20-17-22-16(11-21-23-17)14-6-1-2-7-15(14)19/h1-7,10-11H,8-9H2,(H,20,22,23). The largest absolute Gasteiger partial charge is 0.353 e. The number of nitrogens with zero attached hydrogens (tertiary/aromatic N) is 3. The SMILES string of the molecule is Fc1ccccc1-c1cnnc(NCCc2cccc(Cl)c2)n1. The van der Waals surface area contributed by atoms with E-state index in [0.717, 1.165) is 12.0 Å². The van der Waals surface area contributed by atoms with Crippen molar-refractivity contribution in [2.24, 2.45) is 0 Å². The fraction of sp³-hybridized carbons (Fsp3) is 0.118. The van der Waals surface area contributed by atoms with Crippen molar-refractivity contribution in [2.45, 2.75) is 6.42 Å². The quantitative estimate of drug-likeness (QED) is 0.769. The summed E-state index contributed by atoms with van der Waals surface area (Å²) in [6.45, 7) is 0.628. The third-order valence-electron chi connectivity index (χ3n) is 3.29. The summed E-state index contributed by atoms with van der Waals surface area (Å²) < 4.78 is 13.8. The van der Waals surface area contributed by atoms with Gasteiger partial charge in [0.1, 0.15) is 5.82 Å². The van der Waals surface area contributed by atoms with Crippen molar-refractivity contribution in [3.63, 3.8) is 0 Å². The number of anilines is 1. The molecule has 3 aromatic rings. The van der Waals surface area contributed by atoms with Gasteiger partial charge in [-0.05, 0) is 36.2 Å². The molecule has 0 saturated carbocycles. The van der Waals surface area contributed by atoms with Crippen molar-refractivity contribution in [1.82, 2.24) is 15.2 Å². The zero-order valence-electron chi connectivity index (χ0n) is 12.2. The number of halogens is 2. The van der Waals surface area contributed by atoms with Gasteiger partial charge in [-0.25, -0.2) is 9.37 Å². The van der Waals surface area contributed by atoms with Gasteiger partial charge in [-0.3, -0.25) is 0 Å². The van der Waals surface area contributed by atoms with E-state index in [2.05, 4.69) is 20.5 Å². The lowest BCUT2D eigenvalue weighted by Gasteiger charge is -2.07. The first kappa shape index (κ1) is 15.4. The average Bonchev–Trinajstić information content (AvgIpc) is 2.56. The molecule has 0 amide bonds. The van der Waals surface area contributed by atoms with Gasteiger partial charge >= 0.3 is 0 Å². The second kappa shape index (κ2) is 7.15. The number of benzene rings is 2. The minimum absolute atomic E-state index is 0.335. The summed E-state index contributed by atoms with van der Waals surface area (Å²) in [6, 6.07) is 14.1. The highest BCUT2D eigenvalue weighted by Gasteiger charge is 2.07. The second-order valence-corrected chi connectivity index (χ2v) is 5.39. The number of rotatable bonds is 5. The molecule has 2 aromatic carbocycles. The van der Waals surface area contributed by atoms with Crippen LogP contribution in [0.2, 0.25) is 5.02 Å². The maximum Gasteiger partial charge on any atom is 0.243 e. The van der Waals surface area contributed by atoms with Crippen LogP contribution < -0.4 is 5.32 Å². The molecule has 0 spiro atoms. The molecule has 0 aliphatic rings. The molecular weight excluding hydrogens is 315 g/mol. The van der Waals surface area contributed by atoms with E-state index in [4.69, 9.17) is 11.6 Å². The molecule has 3 rings (SSSR count). The molecule has 4 nitrogen and oxygen atoms in total. The predicted molar refractivity (Wildman–Crippen MR) is 88.9 cm³/mol. The maximum atomic E-state index is 13.8. The minimum atomic E-state index is -0.335. The van der Waals surface area contributed by atoms with Crippen LogP contribution in [-0.2, 0) is 6.42 Å². The van der Waals surface area contributed by atoms with E-state index < -0.39 is 0 Å². The topological polar surface area (TPSA) is 50.7 Å². The summed E-state index contributed by atoms with van der Waals surface area (Å²) in [5.41, 5.74) is 1.96. The van der Waals surface area contributed by atoms with Crippen molar-refractivity contribution in [1.29, 1.82) is 0 Å². The minimum Gasteiger partial charge on any atom is -0.353 e. The Morgan fingerprint density at radius 3 is 2.78 bits per heavy atom. The number of hydrogen-bond acceptors (Lipinski definition) is 4. The first-order valence-electron chi connectivity index (χ1n) is 7.15. The zero-order chi connectivity index (χ0) is 16.1. The summed E-state index contributed by atoms with van der Waals surface area (Å²) in [5, 5.41) is 11.6. The predicted octanol–water partition coefficient (Wildman–Crippen LogP) is 3.99. The number of nitrogens with one attached hydrogen (secondary N) is 1. The fourth-order valence-corrected chi connectivity index (χ4v) is 2.40. The van der Waals surface area contributed by atoms with Crippen LogP contribution in [0.3, 0.4) is 0 Å². The van der Waals surface area contributed by atoms with Crippen LogP contribution >= 0.6 is 11.6 Å². The molecule has 0 fully saturated rings. The highest BCUT2D eigenvalue weighted by molar-refractivity contribution is 6.30. The zero-order valence-corrected chi connectivity index (χ0v) is 13.0. The fourth-order valence-electron chi connectivity index (χ4n) is 2.19. The van der Waals surface area contributed by atoms with E-state index in [1.807, 2.05) is 24.3 Å². The molecule has 116 valence electrons. The molecule has 0 bridgehead atoms. The molecule has 23 heavy (non-hydrogen) atoms. The van der Waals surface area contributed by atoms with E-state index in [-0.39, 0.29) is 5.82 Å². The van der Waals surface area contributed by atoms with Gasteiger partial charge < -0.3 is 5.32 Å². The molecule has 0 saturated heterocycles. The van der Waals surface area contributed by atoms with Gasteiger partial charge in [0.2, 0.25) is 5.95 Å². The van der Waals surface area contributed by atoms with Crippen LogP contribution in [0, 0.1) is 5.82 Å². The first-order chi connectivity index (χ1) is 11.2. The van der Waals surface area contributed by atoms with Gasteiger partial charge in [0.15, 0.2) is 0 Å².